The van der Waals surface area contributed by atoms with Gasteiger partial charge >= 0.3 is 12.0 Å². The molecule has 1 aliphatic heterocycles. The Labute approximate surface area is 346 Å². The number of hydrogen-bond donors (Lipinski definition) is 6. The monoisotopic (exact) mass is 817 g/mol. The number of aromatic amines is 1. The molecule has 0 saturated carbocycles. The molecule has 5 amide bonds. The molecule has 0 fully saturated rings. The lowest BCUT2D eigenvalue weighted by Crippen LogP contribution is -2.35. The van der Waals surface area contributed by atoms with E-state index < -0.39 is 12.0 Å². The molecule has 306 valence electrons. The van der Waals surface area contributed by atoms with Gasteiger partial charge in [-0.15, -0.1) is 11.3 Å². The predicted octanol–water partition coefficient (Wildman–Crippen LogP) is 6.75. The van der Waals surface area contributed by atoms with Crippen LogP contribution in [-0.4, -0.2) is 75.8 Å². The lowest BCUT2D eigenvalue weighted by atomic mass is 10.0. The highest BCUT2D eigenvalue weighted by Gasteiger charge is 2.26. The van der Waals surface area contributed by atoms with Crippen molar-refractivity contribution in [2.24, 2.45) is 0 Å². The normalized spacial score (nSPS) is 12.6. The van der Waals surface area contributed by atoms with Crippen LogP contribution >= 0.6 is 11.3 Å². The highest BCUT2D eigenvalue weighted by Crippen LogP contribution is 2.36. The van der Waals surface area contributed by atoms with Crippen molar-refractivity contribution in [2.75, 3.05) is 42.1 Å². The summed E-state index contributed by atoms with van der Waals surface area (Å²) >= 11 is 1.32. The lowest BCUT2D eigenvalue weighted by molar-refractivity contribution is -0.134. The first-order valence-corrected chi connectivity index (χ1v) is 20.3. The molecule has 0 radical (unpaired) electrons. The van der Waals surface area contributed by atoms with E-state index in [1.807, 2.05) is 31.4 Å². The van der Waals surface area contributed by atoms with Gasteiger partial charge in [0.25, 0.3) is 11.8 Å². The van der Waals surface area contributed by atoms with E-state index in [1.165, 1.54) is 11.3 Å². The number of esters is 1. The fraction of sp³-hybridized carbons (Fsp3) is 0.279. The number of urea groups is 1. The molecule has 0 bridgehead atoms. The van der Waals surface area contributed by atoms with Gasteiger partial charge in [-0.3, -0.25) is 29.5 Å². The molecule has 0 spiro atoms. The van der Waals surface area contributed by atoms with Gasteiger partial charge in [0, 0.05) is 84.1 Å². The van der Waals surface area contributed by atoms with Gasteiger partial charge in [-0.2, -0.15) is 0 Å². The average molecular weight is 818 g/mol. The van der Waals surface area contributed by atoms with E-state index in [9.17, 15) is 24.0 Å². The molecule has 6 rings (SSSR count). The molecule has 1 aliphatic rings. The number of fused-ring (bicyclic) bond motifs is 1. The summed E-state index contributed by atoms with van der Waals surface area (Å²) in [7, 11) is 0. The number of pyridine rings is 1. The summed E-state index contributed by atoms with van der Waals surface area (Å²) in [5, 5.41) is 16.6. The van der Waals surface area contributed by atoms with Crippen molar-refractivity contribution >= 4 is 69.2 Å². The van der Waals surface area contributed by atoms with Gasteiger partial charge in [0.15, 0.2) is 5.13 Å². The van der Waals surface area contributed by atoms with Gasteiger partial charge in [-0.25, -0.2) is 9.78 Å². The van der Waals surface area contributed by atoms with Crippen molar-refractivity contribution in [2.45, 2.75) is 53.5 Å². The fourth-order valence-corrected chi connectivity index (χ4v) is 7.27. The number of amides is 5. The SMILES string of the molecule is CCN(CC)CCNC(=O)c1c(C)[nH]c(/C=C2\C(=O)Nc3ccc(NC(=O)CCCC(=O)Oc4ccc(CNC(=O)Nc5nc(-c6ccncc6)cs5)cc4)cc32)c1C. The highest BCUT2D eigenvalue weighted by molar-refractivity contribution is 7.14. The van der Waals surface area contributed by atoms with Crippen LogP contribution < -0.4 is 31.3 Å². The molecule has 16 heteroatoms. The minimum Gasteiger partial charge on any atom is -0.427 e. The van der Waals surface area contributed by atoms with Crippen molar-refractivity contribution in [3.8, 4) is 17.0 Å². The Kier molecular flexibility index (Phi) is 14.0. The third-order valence-electron chi connectivity index (χ3n) is 9.78. The van der Waals surface area contributed by atoms with E-state index >= 15 is 0 Å². The van der Waals surface area contributed by atoms with Crippen molar-refractivity contribution in [1.82, 2.24) is 30.5 Å². The molecule has 4 heterocycles. The van der Waals surface area contributed by atoms with Crippen LogP contribution in [0, 0.1) is 13.8 Å². The molecule has 15 nitrogen and oxygen atoms in total. The Hall–Kier alpha value is -6.65. The molecule has 0 unspecified atom stereocenters. The van der Waals surface area contributed by atoms with E-state index in [0.717, 1.165) is 42.0 Å². The van der Waals surface area contributed by atoms with Crippen LogP contribution in [0.2, 0.25) is 0 Å². The second-order valence-corrected chi connectivity index (χ2v) is 14.7. The summed E-state index contributed by atoms with van der Waals surface area (Å²) in [5.41, 5.74) is 7.20. The van der Waals surface area contributed by atoms with Gasteiger partial charge in [-0.1, -0.05) is 26.0 Å². The highest BCUT2D eigenvalue weighted by atomic mass is 32.1. The number of aryl methyl sites for hydroxylation is 1. The molecule has 6 N–H and O–H groups in total. The maximum atomic E-state index is 13.1. The smallest absolute Gasteiger partial charge is 0.321 e. The Morgan fingerprint density at radius 2 is 1.69 bits per heavy atom. The predicted molar refractivity (Wildman–Crippen MR) is 229 cm³/mol. The zero-order valence-electron chi connectivity index (χ0n) is 33.4. The summed E-state index contributed by atoms with van der Waals surface area (Å²) in [6.45, 7) is 11.2. The zero-order chi connectivity index (χ0) is 41.9. The van der Waals surface area contributed by atoms with Crippen LogP contribution in [-0.2, 0) is 20.9 Å². The Bertz CT molecular complexity index is 2350. The van der Waals surface area contributed by atoms with Gasteiger partial charge in [0.2, 0.25) is 5.91 Å². The number of nitrogens with one attached hydrogen (secondary N) is 6. The standard InChI is InChI=1S/C43H47N9O6S/c1-5-52(6-2)21-20-45-41(56)39-26(3)35(47-27(39)4)23-33-32-22-30(12-15-34(32)49-40(33)55)48-37(53)8-7-9-38(54)58-31-13-10-28(11-14-31)24-46-42(57)51-43-50-36(25-59-43)29-16-18-44-19-17-29/h10-19,22-23,25,47H,5-9,20-21,24H2,1-4H3,(H,45,56)(H,48,53)(H,49,55)(H2,46,50,51,57)/b33-23-. The number of thiazole rings is 1. The number of likely N-dealkylation sites (N-methyl/N-ethyl adjacent to an activating group) is 1. The molecule has 0 atom stereocenters. The number of ether oxygens (including phenoxy) is 1. The Balaban J connectivity index is 0.943. The average Bonchev–Trinajstić information content (AvgIpc) is 3.90. The summed E-state index contributed by atoms with van der Waals surface area (Å²) in [6.07, 6.45) is 5.45. The maximum Gasteiger partial charge on any atom is 0.321 e. The van der Waals surface area contributed by atoms with Crippen molar-refractivity contribution in [3.63, 3.8) is 0 Å². The van der Waals surface area contributed by atoms with E-state index in [2.05, 4.69) is 60.3 Å². The second-order valence-electron chi connectivity index (χ2n) is 13.8. The molecule has 2 aromatic carbocycles. The third kappa shape index (κ3) is 11.1. The van der Waals surface area contributed by atoms with Crippen molar-refractivity contribution in [3.05, 3.63) is 106 Å². The number of benzene rings is 2. The topological polar surface area (TPSA) is 200 Å². The van der Waals surface area contributed by atoms with Crippen LogP contribution in [0.15, 0.2) is 72.4 Å². The number of carbonyl (C=O) groups is 5. The van der Waals surface area contributed by atoms with E-state index in [1.54, 1.807) is 60.9 Å². The molecule has 0 saturated heterocycles. The largest absolute Gasteiger partial charge is 0.427 e. The third-order valence-corrected chi connectivity index (χ3v) is 10.5. The van der Waals surface area contributed by atoms with E-state index in [4.69, 9.17) is 4.74 Å². The van der Waals surface area contributed by atoms with Gasteiger partial charge in [-0.05, 0) is 93.0 Å². The molecular formula is C43H47N9O6S. The minimum atomic E-state index is -0.482. The quantitative estimate of drug-likeness (QED) is 0.0334. The Morgan fingerprint density at radius 1 is 0.932 bits per heavy atom. The number of hydrogen-bond acceptors (Lipinski definition) is 10. The van der Waals surface area contributed by atoms with Crippen molar-refractivity contribution < 1.29 is 28.7 Å². The number of anilines is 3. The first kappa shape index (κ1) is 42.0. The summed E-state index contributed by atoms with van der Waals surface area (Å²) in [6, 6.07) is 15.2. The van der Waals surface area contributed by atoms with Crippen LogP contribution in [0.3, 0.4) is 0 Å². The Morgan fingerprint density at radius 3 is 2.44 bits per heavy atom. The number of rotatable bonds is 17. The first-order chi connectivity index (χ1) is 28.5. The molecular weight excluding hydrogens is 771 g/mol. The van der Waals surface area contributed by atoms with Crippen LogP contribution in [0.4, 0.5) is 21.3 Å². The lowest BCUT2D eigenvalue weighted by Gasteiger charge is -2.18. The molecule has 3 aromatic heterocycles. The molecule has 0 aliphatic carbocycles. The maximum absolute atomic E-state index is 13.1. The summed E-state index contributed by atoms with van der Waals surface area (Å²) in [4.78, 5) is 77.9. The summed E-state index contributed by atoms with van der Waals surface area (Å²) in [5.74, 6) is -0.895. The first-order valence-electron chi connectivity index (χ1n) is 19.4. The van der Waals surface area contributed by atoms with E-state index in [0.29, 0.717) is 56.9 Å². The summed E-state index contributed by atoms with van der Waals surface area (Å²) < 4.78 is 5.45. The molecule has 59 heavy (non-hydrogen) atoms. The van der Waals surface area contributed by atoms with Crippen molar-refractivity contribution in [1.29, 1.82) is 0 Å². The van der Waals surface area contributed by atoms with Crippen LogP contribution in [0.25, 0.3) is 22.9 Å². The second kappa shape index (κ2) is 19.7. The molecule has 5 aromatic rings. The number of aromatic nitrogens is 3. The van der Waals surface area contributed by atoms with Gasteiger partial charge < -0.3 is 35.9 Å². The van der Waals surface area contributed by atoms with Gasteiger partial charge in [0.1, 0.15) is 5.75 Å². The van der Waals surface area contributed by atoms with Gasteiger partial charge in [0.05, 0.1) is 16.8 Å². The number of nitrogens with zero attached hydrogens (tertiary/aromatic N) is 3. The van der Waals surface area contributed by atoms with Crippen LogP contribution in [0.1, 0.15) is 71.5 Å². The van der Waals surface area contributed by atoms with Crippen LogP contribution in [0.5, 0.6) is 5.75 Å². The minimum absolute atomic E-state index is 0.0247. The van der Waals surface area contributed by atoms with E-state index in [-0.39, 0.29) is 43.5 Å². The number of carbonyl (C=O) groups excluding carboxylic acids is 5. The zero-order valence-corrected chi connectivity index (χ0v) is 34.2. The fourth-order valence-electron chi connectivity index (χ4n) is 6.55. The number of H-pyrrole nitrogens is 1.